The second kappa shape index (κ2) is 6.04. The van der Waals surface area contributed by atoms with Crippen molar-refractivity contribution < 1.29 is 9.53 Å². The molecule has 0 fully saturated rings. The van der Waals surface area contributed by atoms with Gasteiger partial charge in [-0.1, -0.05) is 27.2 Å². The Labute approximate surface area is 75.3 Å². The molecule has 0 radical (unpaired) electrons. The molecule has 2 heteroatoms. The van der Waals surface area contributed by atoms with Gasteiger partial charge in [0.05, 0.1) is 6.61 Å². The van der Waals surface area contributed by atoms with Gasteiger partial charge in [-0.2, -0.15) is 0 Å². The Kier molecular flexibility index (Phi) is 5.77. The number of carbonyl (C=O) groups is 1. The molecule has 1 unspecified atom stereocenters. The fourth-order valence-corrected chi connectivity index (χ4v) is 1.29. The third kappa shape index (κ3) is 4.37. The highest BCUT2D eigenvalue weighted by Gasteiger charge is 2.15. The first-order valence-electron chi connectivity index (χ1n) is 4.77. The van der Waals surface area contributed by atoms with Gasteiger partial charge in [-0.15, -0.1) is 0 Å². The van der Waals surface area contributed by atoms with Gasteiger partial charge in [0, 0.05) is 6.42 Å². The Morgan fingerprint density at radius 3 is 2.25 bits per heavy atom. The van der Waals surface area contributed by atoms with Gasteiger partial charge in [0.25, 0.3) is 0 Å². The van der Waals surface area contributed by atoms with E-state index in [9.17, 15) is 4.79 Å². The molecule has 0 spiro atoms. The molecule has 0 aromatic rings. The molecule has 0 aliphatic carbocycles. The number of esters is 1. The average molecular weight is 172 g/mol. The van der Waals surface area contributed by atoms with Crippen molar-refractivity contribution in [1.82, 2.24) is 0 Å². The van der Waals surface area contributed by atoms with Crippen LogP contribution in [0.1, 0.15) is 40.5 Å². The average Bonchev–Trinajstić information content (AvgIpc) is 2.00. The van der Waals surface area contributed by atoms with E-state index < -0.39 is 0 Å². The molecule has 0 saturated carbocycles. The van der Waals surface area contributed by atoms with Crippen molar-refractivity contribution in [2.75, 3.05) is 6.61 Å². The van der Waals surface area contributed by atoms with Gasteiger partial charge in [0.15, 0.2) is 0 Å². The summed E-state index contributed by atoms with van der Waals surface area (Å²) in [5.41, 5.74) is 0. The number of carbonyl (C=O) groups excluding carboxylic acids is 1. The number of hydrogen-bond donors (Lipinski definition) is 0. The zero-order valence-corrected chi connectivity index (χ0v) is 8.59. The van der Waals surface area contributed by atoms with Crippen molar-refractivity contribution in [3.05, 3.63) is 0 Å². The van der Waals surface area contributed by atoms with E-state index in [0.29, 0.717) is 24.9 Å². The SMILES string of the molecule is CCOC(=O)CC(CC)C(C)C. The largest absolute Gasteiger partial charge is 0.466 e. The van der Waals surface area contributed by atoms with Crippen molar-refractivity contribution >= 4 is 5.97 Å². The molecule has 0 saturated heterocycles. The van der Waals surface area contributed by atoms with E-state index in [1.807, 2.05) is 6.92 Å². The third-order valence-electron chi connectivity index (χ3n) is 2.20. The Bertz CT molecular complexity index is 130. The van der Waals surface area contributed by atoms with E-state index in [2.05, 4.69) is 20.8 Å². The second-order valence-corrected chi connectivity index (χ2v) is 3.42. The lowest BCUT2D eigenvalue weighted by Gasteiger charge is -2.17. The monoisotopic (exact) mass is 172 g/mol. The molecular formula is C10H20O2. The van der Waals surface area contributed by atoms with E-state index in [1.54, 1.807) is 0 Å². The summed E-state index contributed by atoms with van der Waals surface area (Å²) in [6, 6.07) is 0. The summed E-state index contributed by atoms with van der Waals surface area (Å²) in [5, 5.41) is 0. The van der Waals surface area contributed by atoms with E-state index in [0.717, 1.165) is 6.42 Å². The lowest BCUT2D eigenvalue weighted by atomic mass is 9.90. The molecule has 0 aliphatic heterocycles. The topological polar surface area (TPSA) is 26.3 Å². The Hall–Kier alpha value is -0.530. The van der Waals surface area contributed by atoms with Crippen molar-refractivity contribution in [2.24, 2.45) is 11.8 Å². The number of rotatable bonds is 5. The summed E-state index contributed by atoms with van der Waals surface area (Å²) >= 11 is 0. The van der Waals surface area contributed by atoms with E-state index in [1.165, 1.54) is 0 Å². The van der Waals surface area contributed by atoms with Crippen LogP contribution < -0.4 is 0 Å². The highest BCUT2D eigenvalue weighted by atomic mass is 16.5. The van der Waals surface area contributed by atoms with Crippen molar-refractivity contribution in [3.63, 3.8) is 0 Å². The third-order valence-corrected chi connectivity index (χ3v) is 2.20. The van der Waals surface area contributed by atoms with Crippen LogP contribution in [0.15, 0.2) is 0 Å². The Morgan fingerprint density at radius 2 is 1.92 bits per heavy atom. The zero-order chi connectivity index (χ0) is 9.56. The van der Waals surface area contributed by atoms with Crippen LogP contribution in [-0.2, 0) is 9.53 Å². The minimum absolute atomic E-state index is 0.0574. The van der Waals surface area contributed by atoms with Crippen LogP contribution in [-0.4, -0.2) is 12.6 Å². The lowest BCUT2D eigenvalue weighted by molar-refractivity contribution is -0.144. The molecule has 0 bridgehead atoms. The maximum atomic E-state index is 11.1. The molecule has 1 atom stereocenters. The van der Waals surface area contributed by atoms with Gasteiger partial charge in [-0.05, 0) is 18.8 Å². The van der Waals surface area contributed by atoms with Gasteiger partial charge in [-0.3, -0.25) is 4.79 Å². The van der Waals surface area contributed by atoms with Gasteiger partial charge < -0.3 is 4.74 Å². The second-order valence-electron chi connectivity index (χ2n) is 3.42. The Balaban J connectivity index is 3.77. The normalized spacial score (nSPS) is 13.1. The smallest absolute Gasteiger partial charge is 0.306 e. The molecule has 0 aliphatic rings. The highest BCUT2D eigenvalue weighted by Crippen LogP contribution is 2.19. The van der Waals surface area contributed by atoms with E-state index in [-0.39, 0.29) is 5.97 Å². The zero-order valence-electron chi connectivity index (χ0n) is 8.59. The maximum absolute atomic E-state index is 11.1. The van der Waals surface area contributed by atoms with E-state index >= 15 is 0 Å². The van der Waals surface area contributed by atoms with Crippen LogP contribution >= 0.6 is 0 Å². The fraction of sp³-hybridized carbons (Fsp3) is 0.900. The predicted octanol–water partition coefficient (Wildman–Crippen LogP) is 2.62. The highest BCUT2D eigenvalue weighted by molar-refractivity contribution is 5.69. The molecule has 0 aromatic heterocycles. The standard InChI is InChI=1S/C10H20O2/c1-5-9(8(3)4)7-10(11)12-6-2/h8-9H,5-7H2,1-4H3. The molecular weight excluding hydrogens is 152 g/mol. The quantitative estimate of drug-likeness (QED) is 0.596. The van der Waals surface area contributed by atoms with Crippen LogP contribution in [0.25, 0.3) is 0 Å². The summed E-state index contributed by atoms with van der Waals surface area (Å²) in [6.07, 6.45) is 1.62. The minimum atomic E-state index is -0.0574. The van der Waals surface area contributed by atoms with Crippen molar-refractivity contribution in [2.45, 2.75) is 40.5 Å². The first kappa shape index (κ1) is 11.5. The molecule has 12 heavy (non-hydrogen) atoms. The molecule has 0 amide bonds. The molecule has 0 aromatic carbocycles. The summed E-state index contributed by atoms with van der Waals surface area (Å²) in [7, 11) is 0. The van der Waals surface area contributed by atoms with Crippen LogP contribution in [0.2, 0.25) is 0 Å². The number of ether oxygens (including phenoxy) is 1. The van der Waals surface area contributed by atoms with Crippen molar-refractivity contribution in [3.8, 4) is 0 Å². The van der Waals surface area contributed by atoms with E-state index in [4.69, 9.17) is 4.74 Å². The van der Waals surface area contributed by atoms with Gasteiger partial charge in [-0.25, -0.2) is 0 Å². The van der Waals surface area contributed by atoms with Gasteiger partial charge >= 0.3 is 5.97 Å². The minimum Gasteiger partial charge on any atom is -0.466 e. The summed E-state index contributed by atoms with van der Waals surface area (Å²) in [6.45, 7) is 8.74. The van der Waals surface area contributed by atoms with Gasteiger partial charge in [0.1, 0.15) is 0 Å². The summed E-state index contributed by atoms with van der Waals surface area (Å²) in [5.74, 6) is 0.988. The molecule has 0 rings (SSSR count). The van der Waals surface area contributed by atoms with Crippen LogP contribution in [0.4, 0.5) is 0 Å². The van der Waals surface area contributed by atoms with Crippen molar-refractivity contribution in [1.29, 1.82) is 0 Å². The van der Waals surface area contributed by atoms with Gasteiger partial charge in [0.2, 0.25) is 0 Å². The summed E-state index contributed by atoms with van der Waals surface area (Å²) < 4.78 is 4.89. The van der Waals surface area contributed by atoms with Crippen LogP contribution in [0.5, 0.6) is 0 Å². The first-order valence-corrected chi connectivity index (χ1v) is 4.77. The lowest BCUT2D eigenvalue weighted by Crippen LogP contribution is -2.15. The van der Waals surface area contributed by atoms with Crippen LogP contribution in [0, 0.1) is 11.8 Å². The van der Waals surface area contributed by atoms with Crippen LogP contribution in [0.3, 0.4) is 0 Å². The Morgan fingerprint density at radius 1 is 1.33 bits per heavy atom. The molecule has 0 heterocycles. The molecule has 72 valence electrons. The summed E-state index contributed by atoms with van der Waals surface area (Å²) in [4.78, 5) is 11.1. The predicted molar refractivity (Wildman–Crippen MR) is 49.9 cm³/mol. The fourth-order valence-electron chi connectivity index (χ4n) is 1.29. The maximum Gasteiger partial charge on any atom is 0.306 e. The first-order chi connectivity index (χ1) is 5.61. The number of hydrogen-bond acceptors (Lipinski definition) is 2. The molecule has 2 nitrogen and oxygen atoms in total. The molecule has 0 N–H and O–H groups in total.